The molecule has 4 nitrogen and oxygen atoms in total. The summed E-state index contributed by atoms with van der Waals surface area (Å²) in [5, 5.41) is 3.70. The van der Waals surface area contributed by atoms with Gasteiger partial charge in [-0.1, -0.05) is 30.3 Å². The fraction of sp³-hybridized carbons (Fsp3) is 0.261. The molecule has 0 aliphatic heterocycles. The van der Waals surface area contributed by atoms with E-state index in [-0.39, 0.29) is 18.7 Å². The summed E-state index contributed by atoms with van der Waals surface area (Å²) in [6.45, 7) is 0.481. The minimum Gasteiger partial charge on any atom is -0.352 e. The van der Waals surface area contributed by atoms with Crippen LogP contribution in [0.3, 0.4) is 0 Å². The second kappa shape index (κ2) is 8.07. The molecule has 3 aromatic rings. The molecule has 0 atom stereocenters. The van der Waals surface area contributed by atoms with Crippen molar-refractivity contribution in [3.05, 3.63) is 77.8 Å². The van der Waals surface area contributed by atoms with Crippen LogP contribution >= 0.6 is 0 Å². The third-order valence-corrected chi connectivity index (χ3v) is 5.12. The van der Waals surface area contributed by atoms with Crippen molar-refractivity contribution in [2.24, 2.45) is 0 Å². The topological polar surface area (TPSA) is 54.9 Å². The number of carbonyl (C=O) groups excluding carboxylic acids is 1. The summed E-state index contributed by atoms with van der Waals surface area (Å²) in [7, 11) is 0. The van der Waals surface area contributed by atoms with Gasteiger partial charge in [0.1, 0.15) is 0 Å². The number of rotatable bonds is 5. The number of nitrogens with zero attached hydrogens (tertiary/aromatic N) is 2. The van der Waals surface area contributed by atoms with Crippen LogP contribution in [0.5, 0.6) is 0 Å². The minimum atomic E-state index is -2.62. The molecule has 2 aromatic heterocycles. The molecule has 0 saturated heterocycles. The third-order valence-electron chi connectivity index (χ3n) is 5.12. The van der Waals surface area contributed by atoms with Gasteiger partial charge in [0, 0.05) is 54.8 Å². The van der Waals surface area contributed by atoms with Crippen LogP contribution in [0, 0.1) is 0 Å². The number of halogens is 2. The number of para-hydroxylation sites is 1. The molecule has 1 N–H and O–H groups in total. The summed E-state index contributed by atoms with van der Waals surface area (Å²) in [5.74, 6) is -2.82. The summed E-state index contributed by atoms with van der Waals surface area (Å²) >= 11 is 0. The molecule has 1 aliphatic rings. The zero-order valence-corrected chi connectivity index (χ0v) is 15.9. The molecule has 29 heavy (non-hydrogen) atoms. The summed E-state index contributed by atoms with van der Waals surface area (Å²) in [6.07, 6.45) is 5.46. The van der Waals surface area contributed by atoms with Gasteiger partial charge >= 0.3 is 0 Å². The summed E-state index contributed by atoms with van der Waals surface area (Å²) < 4.78 is 26.9. The quantitative estimate of drug-likeness (QED) is 0.677. The van der Waals surface area contributed by atoms with E-state index in [1.807, 2.05) is 36.4 Å². The van der Waals surface area contributed by atoms with Gasteiger partial charge in [0.05, 0.1) is 11.1 Å². The Bertz CT molecular complexity index is 1060. The molecule has 148 valence electrons. The van der Waals surface area contributed by atoms with Crippen LogP contribution < -0.4 is 5.32 Å². The predicted molar refractivity (Wildman–Crippen MR) is 109 cm³/mol. The first kappa shape index (κ1) is 19.2. The van der Waals surface area contributed by atoms with E-state index in [0.29, 0.717) is 24.9 Å². The van der Waals surface area contributed by atoms with Crippen molar-refractivity contribution in [2.75, 3.05) is 6.54 Å². The zero-order chi connectivity index (χ0) is 20.3. The Balaban J connectivity index is 1.50. The normalized spacial score (nSPS) is 15.7. The Labute approximate surface area is 167 Å². The van der Waals surface area contributed by atoms with Gasteiger partial charge in [-0.05, 0) is 30.2 Å². The zero-order valence-electron chi connectivity index (χ0n) is 15.9. The molecule has 1 aromatic carbocycles. The van der Waals surface area contributed by atoms with Crippen molar-refractivity contribution in [1.29, 1.82) is 0 Å². The highest BCUT2D eigenvalue weighted by Gasteiger charge is 2.31. The van der Waals surface area contributed by atoms with Crippen LogP contribution in [0.1, 0.15) is 40.9 Å². The third kappa shape index (κ3) is 4.47. The number of hydrogen-bond acceptors (Lipinski definition) is 3. The summed E-state index contributed by atoms with van der Waals surface area (Å²) in [6, 6.07) is 13.1. The number of allylic oxidation sites excluding steroid dienone is 2. The van der Waals surface area contributed by atoms with E-state index in [1.165, 1.54) is 0 Å². The van der Waals surface area contributed by atoms with Gasteiger partial charge in [-0.25, -0.2) is 8.78 Å². The van der Waals surface area contributed by atoms with Crippen LogP contribution in [0.25, 0.3) is 16.5 Å². The van der Waals surface area contributed by atoms with Gasteiger partial charge in [-0.2, -0.15) is 0 Å². The van der Waals surface area contributed by atoms with E-state index >= 15 is 0 Å². The van der Waals surface area contributed by atoms with Crippen molar-refractivity contribution in [1.82, 2.24) is 15.3 Å². The highest BCUT2D eigenvalue weighted by atomic mass is 19.3. The molecular formula is C23H21F2N3O. The van der Waals surface area contributed by atoms with E-state index in [0.717, 1.165) is 27.7 Å². The Morgan fingerprint density at radius 1 is 1.14 bits per heavy atom. The van der Waals surface area contributed by atoms with Crippen molar-refractivity contribution >= 4 is 22.4 Å². The Morgan fingerprint density at radius 2 is 2.03 bits per heavy atom. The lowest BCUT2D eigenvalue weighted by atomic mass is 9.90. The van der Waals surface area contributed by atoms with E-state index in [1.54, 1.807) is 24.5 Å². The molecule has 6 heteroatoms. The van der Waals surface area contributed by atoms with Gasteiger partial charge < -0.3 is 5.32 Å². The Morgan fingerprint density at radius 3 is 2.79 bits per heavy atom. The fourth-order valence-electron chi connectivity index (χ4n) is 3.54. The van der Waals surface area contributed by atoms with E-state index in [9.17, 15) is 13.6 Å². The van der Waals surface area contributed by atoms with Gasteiger partial charge in [-0.15, -0.1) is 0 Å². The lowest BCUT2D eigenvalue weighted by Gasteiger charge is -2.22. The number of carbonyl (C=O) groups is 1. The molecule has 0 fully saturated rings. The lowest BCUT2D eigenvalue weighted by Crippen LogP contribution is -2.26. The van der Waals surface area contributed by atoms with Crippen molar-refractivity contribution in [2.45, 2.75) is 31.6 Å². The number of fused-ring (bicyclic) bond motifs is 1. The van der Waals surface area contributed by atoms with E-state index in [4.69, 9.17) is 0 Å². The molecule has 0 unspecified atom stereocenters. The molecule has 0 radical (unpaired) electrons. The monoisotopic (exact) mass is 393 g/mol. The molecule has 1 aliphatic carbocycles. The first-order chi connectivity index (χ1) is 14.0. The van der Waals surface area contributed by atoms with Crippen molar-refractivity contribution in [3.8, 4) is 0 Å². The number of aromatic nitrogens is 2. The maximum atomic E-state index is 13.5. The average Bonchev–Trinajstić information content (AvgIpc) is 2.74. The number of alkyl halides is 2. The molecular weight excluding hydrogens is 372 g/mol. The van der Waals surface area contributed by atoms with E-state index in [2.05, 4.69) is 15.3 Å². The Kier molecular flexibility index (Phi) is 5.34. The summed E-state index contributed by atoms with van der Waals surface area (Å²) in [5.41, 5.74) is 3.87. The second-order valence-corrected chi connectivity index (χ2v) is 7.22. The van der Waals surface area contributed by atoms with Gasteiger partial charge in [-0.3, -0.25) is 14.8 Å². The number of benzene rings is 1. The van der Waals surface area contributed by atoms with E-state index < -0.39 is 5.92 Å². The molecule has 0 spiro atoms. The maximum Gasteiger partial charge on any atom is 0.252 e. The smallest absolute Gasteiger partial charge is 0.252 e. The molecule has 0 saturated carbocycles. The van der Waals surface area contributed by atoms with Crippen molar-refractivity contribution < 1.29 is 13.6 Å². The maximum absolute atomic E-state index is 13.5. The van der Waals surface area contributed by atoms with Gasteiger partial charge in [0.2, 0.25) is 0 Å². The highest BCUT2D eigenvalue weighted by molar-refractivity contribution is 5.99. The minimum absolute atomic E-state index is 0.147. The molecule has 4 rings (SSSR count). The van der Waals surface area contributed by atoms with Crippen LogP contribution in [0.15, 0.2) is 60.9 Å². The van der Waals surface area contributed by atoms with Crippen molar-refractivity contribution in [3.63, 3.8) is 0 Å². The number of pyridine rings is 2. The number of amides is 1. The summed E-state index contributed by atoms with van der Waals surface area (Å²) in [4.78, 5) is 21.2. The first-order valence-electron chi connectivity index (χ1n) is 9.66. The first-order valence-corrected chi connectivity index (χ1v) is 9.66. The highest BCUT2D eigenvalue weighted by Crippen LogP contribution is 2.37. The number of nitrogens with one attached hydrogen (secondary N) is 1. The standard InChI is InChI=1S/C23H21F2N3O/c24-23(25)10-7-16(8-11-23)20-6-3-4-17-14-18(15-28-21(17)20)22(29)27-13-9-19-5-1-2-12-26-19/h1-7,12,14-15H,8-11,13H2,(H,27,29). The van der Waals surface area contributed by atoms with Crippen LogP contribution in [0.4, 0.5) is 8.78 Å². The lowest BCUT2D eigenvalue weighted by molar-refractivity contribution is -0.00602. The van der Waals surface area contributed by atoms with Gasteiger partial charge in [0.15, 0.2) is 0 Å². The Hall–Kier alpha value is -3.15. The largest absolute Gasteiger partial charge is 0.352 e. The van der Waals surface area contributed by atoms with Crippen LogP contribution in [-0.2, 0) is 6.42 Å². The SMILES string of the molecule is O=C(NCCc1ccccn1)c1cnc2c(C3=CCC(F)(F)CC3)cccc2c1. The molecule has 2 heterocycles. The van der Waals surface area contributed by atoms with Gasteiger partial charge in [0.25, 0.3) is 11.8 Å². The second-order valence-electron chi connectivity index (χ2n) is 7.22. The number of hydrogen-bond donors (Lipinski definition) is 1. The average molecular weight is 393 g/mol. The predicted octanol–water partition coefficient (Wildman–Crippen LogP) is 4.80. The van der Waals surface area contributed by atoms with Crippen LogP contribution in [0.2, 0.25) is 0 Å². The fourth-order valence-corrected chi connectivity index (χ4v) is 3.54. The van der Waals surface area contributed by atoms with Crippen LogP contribution in [-0.4, -0.2) is 28.3 Å². The molecule has 0 bridgehead atoms. The molecule has 1 amide bonds.